The fraction of sp³-hybridized carbons (Fsp3) is 0.188. The number of halogens is 1. The van der Waals surface area contributed by atoms with Gasteiger partial charge in [-0.15, -0.1) is 0 Å². The summed E-state index contributed by atoms with van der Waals surface area (Å²) in [6.07, 6.45) is 0. The molecule has 0 aliphatic carbocycles. The van der Waals surface area contributed by atoms with E-state index in [0.29, 0.717) is 5.95 Å². The summed E-state index contributed by atoms with van der Waals surface area (Å²) in [5.41, 5.74) is 8.54. The maximum Gasteiger partial charge on any atom is 0.201 e. The van der Waals surface area contributed by atoms with E-state index in [1.807, 2.05) is 35.8 Å². The Hall–Kier alpha value is -2.56. The van der Waals surface area contributed by atoms with Crippen LogP contribution in [0.4, 0.5) is 10.3 Å². The zero-order valence-electron chi connectivity index (χ0n) is 11.9. The molecule has 21 heavy (non-hydrogen) atoms. The minimum Gasteiger partial charge on any atom is -0.497 e. The van der Waals surface area contributed by atoms with Gasteiger partial charge in [0.2, 0.25) is 5.95 Å². The lowest BCUT2D eigenvalue weighted by Gasteiger charge is -2.16. The molecule has 3 rings (SSSR count). The van der Waals surface area contributed by atoms with Crippen molar-refractivity contribution in [2.24, 2.45) is 0 Å². The molecule has 0 aliphatic heterocycles. The number of nitrogens with zero attached hydrogens (tertiary/aromatic N) is 2. The Kier molecular flexibility index (Phi) is 3.25. The number of ether oxygens (including phenoxy) is 1. The molecule has 3 aromatic rings. The lowest BCUT2D eigenvalue weighted by Crippen LogP contribution is -2.10. The van der Waals surface area contributed by atoms with Crippen LogP contribution in [0.2, 0.25) is 0 Å². The van der Waals surface area contributed by atoms with Crippen molar-refractivity contribution < 1.29 is 9.13 Å². The van der Waals surface area contributed by atoms with Crippen LogP contribution < -0.4 is 10.5 Å². The maximum atomic E-state index is 13.4. The Morgan fingerprint density at radius 2 is 2.05 bits per heavy atom. The summed E-state index contributed by atoms with van der Waals surface area (Å²) in [5.74, 6) is 0.865. The van der Waals surface area contributed by atoms with Crippen LogP contribution in [0.1, 0.15) is 18.5 Å². The summed E-state index contributed by atoms with van der Waals surface area (Å²) in [6.45, 7) is 1.97. The van der Waals surface area contributed by atoms with Crippen LogP contribution >= 0.6 is 0 Å². The van der Waals surface area contributed by atoms with Crippen molar-refractivity contribution in [2.45, 2.75) is 13.0 Å². The molecular weight excluding hydrogens is 269 g/mol. The van der Waals surface area contributed by atoms with Crippen LogP contribution in [0, 0.1) is 5.82 Å². The van der Waals surface area contributed by atoms with Gasteiger partial charge in [0.05, 0.1) is 24.2 Å². The highest BCUT2D eigenvalue weighted by molar-refractivity contribution is 5.80. The number of benzene rings is 2. The smallest absolute Gasteiger partial charge is 0.201 e. The Morgan fingerprint density at radius 1 is 1.24 bits per heavy atom. The number of nitrogens with two attached hydrogens (primary N) is 1. The number of hydrogen-bond acceptors (Lipinski definition) is 3. The zero-order valence-corrected chi connectivity index (χ0v) is 11.9. The zero-order chi connectivity index (χ0) is 15.0. The van der Waals surface area contributed by atoms with Gasteiger partial charge in [-0.3, -0.25) is 0 Å². The summed E-state index contributed by atoms with van der Waals surface area (Å²) < 4.78 is 20.5. The average molecular weight is 285 g/mol. The first-order valence-electron chi connectivity index (χ1n) is 6.67. The summed E-state index contributed by atoms with van der Waals surface area (Å²) >= 11 is 0. The van der Waals surface area contributed by atoms with Crippen LogP contribution in [0.3, 0.4) is 0 Å². The predicted octanol–water partition coefficient (Wildman–Crippen LogP) is 3.38. The van der Waals surface area contributed by atoms with Crippen molar-refractivity contribution in [3.05, 3.63) is 53.8 Å². The molecule has 1 aromatic heterocycles. The van der Waals surface area contributed by atoms with E-state index in [1.54, 1.807) is 13.2 Å². The normalized spacial score (nSPS) is 12.5. The van der Waals surface area contributed by atoms with Gasteiger partial charge in [-0.05, 0) is 36.8 Å². The monoisotopic (exact) mass is 285 g/mol. The van der Waals surface area contributed by atoms with E-state index in [9.17, 15) is 4.39 Å². The highest BCUT2D eigenvalue weighted by atomic mass is 19.1. The summed E-state index contributed by atoms with van der Waals surface area (Å²) in [6, 6.07) is 12.0. The number of aromatic nitrogens is 2. The van der Waals surface area contributed by atoms with Crippen LogP contribution in [0.5, 0.6) is 5.75 Å². The first-order valence-corrected chi connectivity index (χ1v) is 6.67. The molecule has 0 bridgehead atoms. The second-order valence-electron chi connectivity index (χ2n) is 4.93. The van der Waals surface area contributed by atoms with Gasteiger partial charge < -0.3 is 15.0 Å². The number of hydrogen-bond donors (Lipinski definition) is 1. The maximum absolute atomic E-state index is 13.4. The van der Waals surface area contributed by atoms with E-state index >= 15 is 0 Å². The number of fused-ring (bicyclic) bond motifs is 1. The summed E-state index contributed by atoms with van der Waals surface area (Å²) in [4.78, 5) is 4.36. The number of imidazole rings is 1. The van der Waals surface area contributed by atoms with Gasteiger partial charge in [0, 0.05) is 6.07 Å². The molecule has 0 fully saturated rings. The molecule has 0 amide bonds. The molecule has 1 unspecified atom stereocenters. The van der Waals surface area contributed by atoms with Crippen molar-refractivity contribution in [3.63, 3.8) is 0 Å². The topological polar surface area (TPSA) is 53.1 Å². The number of rotatable bonds is 3. The van der Waals surface area contributed by atoms with Gasteiger partial charge in [-0.1, -0.05) is 12.1 Å². The van der Waals surface area contributed by atoms with Crippen LogP contribution in [-0.2, 0) is 0 Å². The molecule has 108 valence electrons. The molecule has 1 atom stereocenters. The predicted molar refractivity (Wildman–Crippen MR) is 80.9 cm³/mol. The summed E-state index contributed by atoms with van der Waals surface area (Å²) in [7, 11) is 1.61. The molecule has 0 aliphatic rings. The Bertz CT molecular complexity index is 797. The first kappa shape index (κ1) is 13.4. The van der Waals surface area contributed by atoms with Crippen molar-refractivity contribution >= 4 is 17.0 Å². The van der Waals surface area contributed by atoms with Crippen LogP contribution in [0.25, 0.3) is 11.0 Å². The third-order valence-corrected chi connectivity index (χ3v) is 3.64. The molecule has 0 saturated heterocycles. The highest BCUT2D eigenvalue weighted by Gasteiger charge is 2.16. The third kappa shape index (κ3) is 2.31. The minimum atomic E-state index is -0.260. The second-order valence-corrected chi connectivity index (χ2v) is 4.93. The fourth-order valence-electron chi connectivity index (χ4n) is 2.55. The van der Waals surface area contributed by atoms with Crippen molar-refractivity contribution in [1.82, 2.24) is 9.55 Å². The number of methoxy groups -OCH3 is 1. The average Bonchev–Trinajstić information content (AvgIpc) is 2.81. The van der Waals surface area contributed by atoms with E-state index in [1.165, 1.54) is 12.1 Å². The lowest BCUT2D eigenvalue weighted by atomic mass is 10.1. The molecule has 0 spiro atoms. The Labute approximate surface area is 122 Å². The first-order chi connectivity index (χ1) is 10.1. The van der Waals surface area contributed by atoms with Gasteiger partial charge in [0.25, 0.3) is 0 Å². The van der Waals surface area contributed by atoms with Crippen LogP contribution in [0.15, 0.2) is 42.5 Å². The molecule has 2 N–H and O–H groups in total. The van der Waals surface area contributed by atoms with Gasteiger partial charge in [0.1, 0.15) is 11.6 Å². The molecule has 2 aromatic carbocycles. The van der Waals surface area contributed by atoms with Gasteiger partial charge in [0.15, 0.2) is 0 Å². The summed E-state index contributed by atoms with van der Waals surface area (Å²) in [5, 5.41) is 0. The third-order valence-electron chi connectivity index (χ3n) is 3.64. The molecule has 1 heterocycles. The highest BCUT2D eigenvalue weighted by Crippen LogP contribution is 2.29. The fourth-order valence-corrected chi connectivity index (χ4v) is 2.55. The van der Waals surface area contributed by atoms with E-state index in [4.69, 9.17) is 10.5 Å². The Balaban J connectivity index is 2.13. The van der Waals surface area contributed by atoms with Gasteiger partial charge >= 0.3 is 0 Å². The Morgan fingerprint density at radius 3 is 2.76 bits per heavy atom. The SMILES string of the molecule is COc1ccc2c(c1)nc(N)n2C(C)c1cccc(F)c1. The standard InChI is InChI=1S/C16H16FN3O/c1-10(11-4-3-5-12(17)8-11)20-15-7-6-13(21-2)9-14(15)19-16(20)18/h3-10H,1-2H3,(H2,18,19). The lowest BCUT2D eigenvalue weighted by molar-refractivity contribution is 0.415. The van der Waals surface area contributed by atoms with Crippen LogP contribution in [-0.4, -0.2) is 16.7 Å². The van der Waals surface area contributed by atoms with E-state index in [0.717, 1.165) is 22.3 Å². The second kappa shape index (κ2) is 5.09. The minimum absolute atomic E-state index is 0.112. The molecular formula is C16H16FN3O. The number of nitrogen functional groups attached to an aromatic ring is 1. The number of anilines is 1. The van der Waals surface area contributed by atoms with Gasteiger partial charge in [-0.25, -0.2) is 9.37 Å². The molecule has 0 saturated carbocycles. The molecule has 5 heteroatoms. The van der Waals surface area contributed by atoms with Crippen molar-refractivity contribution in [3.8, 4) is 5.75 Å². The van der Waals surface area contributed by atoms with Crippen molar-refractivity contribution in [2.75, 3.05) is 12.8 Å². The molecule has 4 nitrogen and oxygen atoms in total. The largest absolute Gasteiger partial charge is 0.497 e. The van der Waals surface area contributed by atoms with E-state index in [-0.39, 0.29) is 11.9 Å². The quantitative estimate of drug-likeness (QED) is 0.802. The molecule has 0 radical (unpaired) electrons. The van der Waals surface area contributed by atoms with Crippen molar-refractivity contribution in [1.29, 1.82) is 0 Å². The van der Waals surface area contributed by atoms with Gasteiger partial charge in [-0.2, -0.15) is 0 Å². The van der Waals surface area contributed by atoms with E-state index < -0.39 is 0 Å². The van der Waals surface area contributed by atoms with E-state index in [2.05, 4.69) is 4.98 Å².